The third-order valence-electron chi connectivity index (χ3n) is 3.99. The third kappa shape index (κ3) is 3.03. The molecule has 1 aromatic carbocycles. The highest BCUT2D eigenvalue weighted by Gasteiger charge is 2.21. The first-order valence-corrected chi connectivity index (χ1v) is 8.69. The van der Waals surface area contributed by atoms with E-state index in [2.05, 4.69) is 18.2 Å². The van der Waals surface area contributed by atoms with Crippen LogP contribution in [0.2, 0.25) is 0 Å². The van der Waals surface area contributed by atoms with Gasteiger partial charge in [0.25, 0.3) is 0 Å². The fourth-order valence-electron chi connectivity index (χ4n) is 2.67. The quantitative estimate of drug-likeness (QED) is 0.701. The molecular weight excluding hydrogens is 312 g/mol. The van der Waals surface area contributed by atoms with Gasteiger partial charge in [0, 0.05) is 26.6 Å². The van der Waals surface area contributed by atoms with Crippen LogP contribution in [0.25, 0.3) is 22.1 Å². The highest BCUT2D eigenvalue weighted by atomic mass is 32.1. The minimum Gasteiger partial charge on any atom is -0.398 e. The van der Waals surface area contributed by atoms with Crippen molar-refractivity contribution in [2.45, 2.75) is 13.8 Å². The standard InChI is InChI=1S/C21H20N2S/c1-3-4-8-14(2)21(23)20-16-13-19(15-9-6-5-7-10-15)24-18(16)12-11-17(20)22/h3-13,22H,23H2,1-2H3/b4-3-,14-8+,21-20-,22-17?. The van der Waals surface area contributed by atoms with E-state index in [1.54, 1.807) is 11.3 Å². The molecule has 2 aromatic rings. The van der Waals surface area contributed by atoms with Crippen molar-refractivity contribution in [2.75, 3.05) is 0 Å². The Morgan fingerprint density at radius 1 is 1.17 bits per heavy atom. The number of nitrogens with two attached hydrogens (primary N) is 1. The lowest BCUT2D eigenvalue weighted by Crippen LogP contribution is -2.11. The first kappa shape index (κ1) is 16.2. The second-order valence-corrected chi connectivity index (χ2v) is 6.75. The Hall–Kier alpha value is -2.65. The fourth-order valence-corrected chi connectivity index (χ4v) is 3.75. The summed E-state index contributed by atoms with van der Waals surface area (Å²) in [5, 5.41) is 8.33. The average molecular weight is 332 g/mol. The summed E-state index contributed by atoms with van der Waals surface area (Å²) in [7, 11) is 0. The molecule has 0 radical (unpaired) electrons. The average Bonchev–Trinajstić information content (AvgIpc) is 3.04. The van der Waals surface area contributed by atoms with Gasteiger partial charge in [0.05, 0.1) is 5.71 Å². The second-order valence-electron chi connectivity index (χ2n) is 5.67. The van der Waals surface area contributed by atoms with Crippen molar-refractivity contribution in [3.8, 4) is 10.4 Å². The molecule has 1 aromatic heterocycles. The van der Waals surface area contributed by atoms with Crippen LogP contribution in [0.15, 0.2) is 72.0 Å². The molecule has 0 amide bonds. The van der Waals surface area contributed by atoms with Gasteiger partial charge in [0.15, 0.2) is 0 Å². The van der Waals surface area contributed by atoms with E-state index in [0.29, 0.717) is 11.4 Å². The van der Waals surface area contributed by atoms with Gasteiger partial charge in [-0.15, -0.1) is 11.3 Å². The lowest BCUT2D eigenvalue weighted by Gasteiger charge is -2.15. The molecule has 1 aliphatic rings. The van der Waals surface area contributed by atoms with E-state index in [9.17, 15) is 0 Å². The zero-order valence-electron chi connectivity index (χ0n) is 13.8. The molecule has 120 valence electrons. The van der Waals surface area contributed by atoms with Crippen LogP contribution in [0, 0.1) is 5.41 Å². The number of nitrogens with one attached hydrogen (secondary N) is 1. The van der Waals surface area contributed by atoms with Crippen molar-refractivity contribution in [2.24, 2.45) is 5.73 Å². The summed E-state index contributed by atoms with van der Waals surface area (Å²) in [5.74, 6) is 0. The van der Waals surface area contributed by atoms with Crippen LogP contribution in [0.3, 0.4) is 0 Å². The summed E-state index contributed by atoms with van der Waals surface area (Å²) in [6.07, 6.45) is 9.76. The molecule has 1 heterocycles. The zero-order valence-corrected chi connectivity index (χ0v) is 14.7. The highest BCUT2D eigenvalue weighted by Crippen LogP contribution is 2.39. The molecule has 0 saturated heterocycles. The van der Waals surface area contributed by atoms with Crippen molar-refractivity contribution in [1.82, 2.24) is 0 Å². The largest absolute Gasteiger partial charge is 0.398 e. The molecule has 0 unspecified atom stereocenters. The molecule has 3 heteroatoms. The second kappa shape index (κ2) is 6.85. The van der Waals surface area contributed by atoms with Crippen LogP contribution < -0.4 is 5.73 Å². The van der Waals surface area contributed by atoms with Crippen molar-refractivity contribution in [3.63, 3.8) is 0 Å². The summed E-state index contributed by atoms with van der Waals surface area (Å²) >= 11 is 1.73. The number of hydrogen-bond acceptors (Lipinski definition) is 3. The number of hydrogen-bond donors (Lipinski definition) is 2. The lowest BCUT2D eigenvalue weighted by atomic mass is 9.92. The number of allylic oxidation sites excluding steroid dienone is 6. The smallest absolute Gasteiger partial charge is 0.0640 e. The maximum Gasteiger partial charge on any atom is 0.0640 e. The summed E-state index contributed by atoms with van der Waals surface area (Å²) in [6, 6.07) is 12.5. The highest BCUT2D eigenvalue weighted by molar-refractivity contribution is 7.16. The Kier molecular flexibility index (Phi) is 4.63. The van der Waals surface area contributed by atoms with Crippen LogP contribution in [-0.2, 0) is 0 Å². The number of rotatable bonds is 3. The van der Waals surface area contributed by atoms with E-state index in [0.717, 1.165) is 21.6 Å². The summed E-state index contributed by atoms with van der Waals surface area (Å²) < 4.78 is 0. The zero-order chi connectivity index (χ0) is 17.1. The van der Waals surface area contributed by atoms with E-state index in [1.807, 2.05) is 62.4 Å². The van der Waals surface area contributed by atoms with Gasteiger partial charge in [-0.1, -0.05) is 48.6 Å². The fraction of sp³-hybridized carbons (Fsp3) is 0.0952. The molecule has 2 nitrogen and oxygen atoms in total. The normalized spacial score (nSPS) is 16.6. The lowest BCUT2D eigenvalue weighted by molar-refractivity contribution is 1.29. The SMILES string of the molecule is C\C=C/C=C(C)/C(N)=C1/C(=N)C=Cc2sc(-c3ccccc3)cc21. The van der Waals surface area contributed by atoms with E-state index in [-0.39, 0.29) is 0 Å². The van der Waals surface area contributed by atoms with Gasteiger partial charge >= 0.3 is 0 Å². The van der Waals surface area contributed by atoms with Gasteiger partial charge in [-0.25, -0.2) is 0 Å². The minimum atomic E-state index is 0.464. The van der Waals surface area contributed by atoms with Crippen LogP contribution in [-0.4, -0.2) is 5.71 Å². The molecule has 0 bridgehead atoms. The number of fused-ring (bicyclic) bond motifs is 1. The molecule has 0 aliphatic heterocycles. The Labute approximate surface area is 146 Å². The Balaban J connectivity index is 2.13. The van der Waals surface area contributed by atoms with Crippen LogP contribution in [0.4, 0.5) is 0 Å². The molecule has 24 heavy (non-hydrogen) atoms. The molecule has 3 rings (SSSR count). The molecule has 0 spiro atoms. The van der Waals surface area contributed by atoms with E-state index >= 15 is 0 Å². The van der Waals surface area contributed by atoms with Crippen molar-refractivity contribution in [1.29, 1.82) is 5.41 Å². The van der Waals surface area contributed by atoms with Crippen LogP contribution >= 0.6 is 11.3 Å². The van der Waals surface area contributed by atoms with E-state index < -0.39 is 0 Å². The number of benzene rings is 1. The molecule has 3 N–H and O–H groups in total. The third-order valence-corrected chi connectivity index (χ3v) is 5.14. The van der Waals surface area contributed by atoms with Crippen LogP contribution in [0.1, 0.15) is 24.3 Å². The Morgan fingerprint density at radius 3 is 2.62 bits per heavy atom. The first-order chi connectivity index (χ1) is 11.6. The van der Waals surface area contributed by atoms with Gasteiger partial charge in [-0.3, -0.25) is 0 Å². The van der Waals surface area contributed by atoms with Crippen molar-refractivity contribution >= 4 is 28.7 Å². The minimum absolute atomic E-state index is 0.464. The van der Waals surface area contributed by atoms with Gasteiger partial charge in [-0.05, 0) is 43.2 Å². The Bertz CT molecular complexity index is 893. The maximum absolute atomic E-state index is 8.33. The topological polar surface area (TPSA) is 49.9 Å². The molecule has 0 saturated carbocycles. The monoisotopic (exact) mass is 332 g/mol. The van der Waals surface area contributed by atoms with Gasteiger partial charge in [-0.2, -0.15) is 0 Å². The van der Waals surface area contributed by atoms with Gasteiger partial charge in [0.2, 0.25) is 0 Å². The van der Waals surface area contributed by atoms with Crippen molar-refractivity contribution < 1.29 is 0 Å². The van der Waals surface area contributed by atoms with Crippen LogP contribution in [0.5, 0.6) is 0 Å². The first-order valence-electron chi connectivity index (χ1n) is 7.88. The van der Waals surface area contributed by atoms with Gasteiger partial charge in [0.1, 0.15) is 0 Å². The summed E-state index contributed by atoms with van der Waals surface area (Å²) in [6.45, 7) is 3.96. The van der Waals surface area contributed by atoms with E-state index in [1.165, 1.54) is 10.4 Å². The van der Waals surface area contributed by atoms with Crippen molar-refractivity contribution in [3.05, 3.63) is 82.4 Å². The number of thiophene rings is 1. The Morgan fingerprint density at radius 2 is 1.92 bits per heavy atom. The maximum atomic E-state index is 8.33. The molecule has 0 atom stereocenters. The molecular formula is C21H20N2S. The summed E-state index contributed by atoms with van der Waals surface area (Å²) in [5.41, 5.74) is 11.6. The predicted molar refractivity (Wildman–Crippen MR) is 106 cm³/mol. The predicted octanol–water partition coefficient (Wildman–Crippen LogP) is 5.65. The summed E-state index contributed by atoms with van der Waals surface area (Å²) in [4.78, 5) is 2.35. The molecule has 1 aliphatic carbocycles. The van der Waals surface area contributed by atoms with E-state index in [4.69, 9.17) is 11.1 Å². The van der Waals surface area contributed by atoms with Gasteiger partial charge < -0.3 is 11.1 Å². The molecule has 0 fully saturated rings.